The summed E-state index contributed by atoms with van der Waals surface area (Å²) in [6.45, 7) is 7.01. The van der Waals surface area contributed by atoms with Crippen LogP contribution in [0.25, 0.3) is 0 Å². The molecule has 0 spiro atoms. The molecular weight excluding hydrogens is 228 g/mol. The smallest absolute Gasteiger partial charge is 0.139 e. The van der Waals surface area contributed by atoms with Gasteiger partial charge in [0.2, 0.25) is 0 Å². The van der Waals surface area contributed by atoms with E-state index in [4.69, 9.17) is 0 Å². The fourth-order valence-corrected chi connectivity index (χ4v) is 2.38. The molecule has 0 saturated carbocycles. The summed E-state index contributed by atoms with van der Waals surface area (Å²) in [5.41, 5.74) is 0. The maximum Gasteiger partial charge on any atom is 0.139 e. The molecule has 0 heterocycles. The summed E-state index contributed by atoms with van der Waals surface area (Å²) in [7, 11) is 0. The van der Waals surface area contributed by atoms with Crippen LogP contribution in [0.4, 0.5) is 8.78 Å². The molecule has 0 bridgehead atoms. The van der Waals surface area contributed by atoms with Gasteiger partial charge in [0, 0.05) is 22.3 Å². The average molecular weight is 245 g/mol. The molecule has 0 aromatic heterocycles. The number of benzene rings is 1. The lowest BCUT2D eigenvalue weighted by molar-refractivity contribution is 0.555. The van der Waals surface area contributed by atoms with Gasteiger partial charge in [0.1, 0.15) is 11.6 Å². The lowest BCUT2D eigenvalue weighted by atomic mass is 10.2. The highest BCUT2D eigenvalue weighted by atomic mass is 32.2. The first kappa shape index (κ1) is 13.5. The largest absolute Gasteiger partial charge is 0.313 e. The first-order valence-electron chi connectivity index (χ1n) is 5.39. The van der Waals surface area contributed by atoms with Gasteiger partial charge in [-0.2, -0.15) is 0 Å². The first-order chi connectivity index (χ1) is 7.54. The van der Waals surface area contributed by atoms with E-state index >= 15 is 0 Å². The topological polar surface area (TPSA) is 12.0 Å². The van der Waals surface area contributed by atoms with Gasteiger partial charge in [-0.05, 0) is 25.6 Å². The van der Waals surface area contributed by atoms with Gasteiger partial charge in [-0.1, -0.05) is 13.8 Å². The molecule has 0 aliphatic carbocycles. The predicted octanol–water partition coefficient (Wildman–Crippen LogP) is 3.44. The third-order valence-electron chi connectivity index (χ3n) is 2.44. The van der Waals surface area contributed by atoms with Crippen LogP contribution in [0.15, 0.2) is 23.1 Å². The Labute approximate surface area is 99.6 Å². The van der Waals surface area contributed by atoms with Crippen LogP contribution >= 0.6 is 11.8 Å². The van der Waals surface area contributed by atoms with Crippen LogP contribution in [0.1, 0.15) is 20.8 Å². The minimum atomic E-state index is -0.533. The summed E-state index contributed by atoms with van der Waals surface area (Å²) in [6, 6.07) is 3.99. The minimum Gasteiger partial charge on any atom is -0.313 e. The van der Waals surface area contributed by atoms with Crippen molar-refractivity contribution in [3.8, 4) is 0 Å². The van der Waals surface area contributed by atoms with Crippen molar-refractivity contribution in [2.45, 2.75) is 37.0 Å². The van der Waals surface area contributed by atoms with Crippen LogP contribution in [0.2, 0.25) is 0 Å². The number of nitrogens with one attached hydrogen (secondary N) is 1. The number of hydrogen-bond acceptors (Lipinski definition) is 2. The second-order valence-corrected chi connectivity index (χ2v) is 5.16. The Morgan fingerprint density at radius 2 is 2.00 bits per heavy atom. The molecule has 0 aliphatic heterocycles. The van der Waals surface area contributed by atoms with Crippen LogP contribution in [0.5, 0.6) is 0 Å². The molecule has 0 saturated heterocycles. The van der Waals surface area contributed by atoms with E-state index in [0.29, 0.717) is 10.9 Å². The van der Waals surface area contributed by atoms with Gasteiger partial charge in [0.15, 0.2) is 0 Å². The monoisotopic (exact) mass is 245 g/mol. The van der Waals surface area contributed by atoms with Gasteiger partial charge in [0.05, 0.1) is 0 Å². The number of halogens is 2. The van der Waals surface area contributed by atoms with Crippen molar-refractivity contribution in [2.24, 2.45) is 0 Å². The lowest BCUT2D eigenvalue weighted by Crippen LogP contribution is -2.33. The van der Waals surface area contributed by atoms with Crippen LogP contribution < -0.4 is 5.32 Å². The SMILES string of the molecule is CCNC(C)C(C)Sc1ccc(F)cc1F. The van der Waals surface area contributed by atoms with Crippen molar-refractivity contribution in [1.82, 2.24) is 5.32 Å². The summed E-state index contributed by atoms with van der Waals surface area (Å²) in [5, 5.41) is 3.52. The van der Waals surface area contributed by atoms with Crippen LogP contribution in [-0.2, 0) is 0 Å². The van der Waals surface area contributed by atoms with Crippen LogP contribution in [-0.4, -0.2) is 17.8 Å². The van der Waals surface area contributed by atoms with Gasteiger partial charge in [-0.3, -0.25) is 0 Å². The Morgan fingerprint density at radius 1 is 1.31 bits per heavy atom. The summed E-state index contributed by atoms with van der Waals surface area (Å²) < 4.78 is 26.1. The molecule has 1 aromatic carbocycles. The molecule has 90 valence electrons. The van der Waals surface area contributed by atoms with Crippen molar-refractivity contribution in [2.75, 3.05) is 6.54 Å². The van der Waals surface area contributed by atoms with E-state index in [0.717, 1.165) is 12.6 Å². The van der Waals surface area contributed by atoms with Crippen LogP contribution in [0, 0.1) is 11.6 Å². The zero-order valence-corrected chi connectivity index (χ0v) is 10.6. The first-order valence-corrected chi connectivity index (χ1v) is 6.27. The Balaban J connectivity index is 2.65. The van der Waals surface area contributed by atoms with E-state index < -0.39 is 11.6 Å². The van der Waals surface area contributed by atoms with E-state index in [1.54, 1.807) is 0 Å². The third-order valence-corrected chi connectivity index (χ3v) is 3.80. The molecular formula is C12H17F2NS. The molecule has 1 N–H and O–H groups in total. The molecule has 1 rings (SSSR count). The van der Waals surface area contributed by atoms with Crippen molar-refractivity contribution in [1.29, 1.82) is 0 Å². The molecule has 0 fully saturated rings. The highest BCUT2D eigenvalue weighted by Gasteiger charge is 2.14. The van der Waals surface area contributed by atoms with Crippen molar-refractivity contribution < 1.29 is 8.78 Å². The summed E-state index contributed by atoms with van der Waals surface area (Å²) in [4.78, 5) is 0.499. The molecule has 2 atom stereocenters. The maximum atomic E-state index is 13.4. The average Bonchev–Trinajstić information content (AvgIpc) is 2.22. The maximum absolute atomic E-state index is 13.4. The van der Waals surface area contributed by atoms with E-state index in [2.05, 4.69) is 12.2 Å². The molecule has 4 heteroatoms. The summed E-state index contributed by atoms with van der Waals surface area (Å²) in [5.74, 6) is -1.02. The van der Waals surface area contributed by atoms with Gasteiger partial charge in [0.25, 0.3) is 0 Å². The fourth-order valence-electron chi connectivity index (χ4n) is 1.36. The normalized spacial score (nSPS) is 14.8. The van der Waals surface area contributed by atoms with Gasteiger partial charge >= 0.3 is 0 Å². The Bertz CT molecular complexity index is 344. The summed E-state index contributed by atoms with van der Waals surface area (Å²) >= 11 is 1.42. The zero-order chi connectivity index (χ0) is 12.1. The molecule has 0 aliphatic rings. The standard InChI is InChI=1S/C12H17F2NS/c1-4-15-8(2)9(3)16-12-6-5-10(13)7-11(12)14/h5-9,15H,4H2,1-3H3. The Hall–Kier alpha value is -0.610. The quantitative estimate of drug-likeness (QED) is 0.797. The molecule has 2 unspecified atom stereocenters. The number of rotatable bonds is 5. The van der Waals surface area contributed by atoms with E-state index in [-0.39, 0.29) is 5.25 Å². The van der Waals surface area contributed by atoms with Gasteiger partial charge in [-0.15, -0.1) is 11.8 Å². The Morgan fingerprint density at radius 3 is 2.56 bits per heavy atom. The van der Waals surface area contributed by atoms with E-state index in [1.165, 1.54) is 23.9 Å². The van der Waals surface area contributed by atoms with Crippen molar-refractivity contribution in [3.63, 3.8) is 0 Å². The molecule has 1 nitrogen and oxygen atoms in total. The lowest BCUT2D eigenvalue weighted by Gasteiger charge is -2.20. The molecule has 1 aromatic rings. The number of hydrogen-bond donors (Lipinski definition) is 1. The van der Waals surface area contributed by atoms with Gasteiger partial charge in [-0.25, -0.2) is 8.78 Å². The Kier molecular flexibility index (Phi) is 5.22. The molecule has 16 heavy (non-hydrogen) atoms. The highest BCUT2D eigenvalue weighted by Crippen LogP contribution is 2.27. The van der Waals surface area contributed by atoms with E-state index in [9.17, 15) is 8.78 Å². The number of thioether (sulfide) groups is 1. The molecule has 0 amide bonds. The second kappa shape index (κ2) is 6.21. The van der Waals surface area contributed by atoms with Crippen molar-refractivity contribution in [3.05, 3.63) is 29.8 Å². The van der Waals surface area contributed by atoms with E-state index in [1.807, 2.05) is 13.8 Å². The summed E-state index contributed by atoms with van der Waals surface area (Å²) in [6.07, 6.45) is 0. The second-order valence-electron chi connectivity index (χ2n) is 3.74. The van der Waals surface area contributed by atoms with Crippen LogP contribution in [0.3, 0.4) is 0 Å². The highest BCUT2D eigenvalue weighted by molar-refractivity contribution is 8.00. The van der Waals surface area contributed by atoms with Gasteiger partial charge < -0.3 is 5.32 Å². The minimum absolute atomic E-state index is 0.236. The predicted molar refractivity (Wildman–Crippen MR) is 64.8 cm³/mol. The fraction of sp³-hybridized carbons (Fsp3) is 0.500. The zero-order valence-electron chi connectivity index (χ0n) is 9.76. The third kappa shape index (κ3) is 3.76. The van der Waals surface area contributed by atoms with Crippen molar-refractivity contribution >= 4 is 11.8 Å². The molecule has 0 radical (unpaired) electrons.